The highest BCUT2D eigenvalue weighted by atomic mass is 32.1. The number of hydrogen-bond donors (Lipinski definition) is 2. The summed E-state index contributed by atoms with van der Waals surface area (Å²) in [6.07, 6.45) is 7.55. The van der Waals surface area contributed by atoms with Crippen LogP contribution in [-0.4, -0.2) is 61.5 Å². The zero-order chi connectivity index (χ0) is 19.8. The molecule has 0 unspecified atom stereocenters. The van der Waals surface area contributed by atoms with E-state index in [-0.39, 0.29) is 0 Å². The Kier molecular flexibility index (Phi) is 8.09. The van der Waals surface area contributed by atoms with Gasteiger partial charge in [-0.1, -0.05) is 19.8 Å². The van der Waals surface area contributed by atoms with Crippen LogP contribution in [0.1, 0.15) is 45.4 Å². The standard InChI is InChI=1S/C20H34N6OS/c1-16-8-7-12-26(15-16)18-14-17(25-10-5-3-4-6-11-25)22-19(23-18)24-20(28)21-9-13-27-2/h14,16H,3-13,15H2,1-2H3,(H2,21,22,23,24,28)/t16-/m0/s1. The van der Waals surface area contributed by atoms with Gasteiger partial charge in [0.25, 0.3) is 0 Å². The van der Waals surface area contributed by atoms with Crippen molar-refractivity contribution in [2.24, 2.45) is 5.92 Å². The second kappa shape index (κ2) is 10.8. The van der Waals surface area contributed by atoms with Crippen molar-refractivity contribution in [1.29, 1.82) is 0 Å². The van der Waals surface area contributed by atoms with Crippen LogP contribution in [0.15, 0.2) is 6.07 Å². The minimum atomic E-state index is 0.531. The number of rotatable bonds is 6. The van der Waals surface area contributed by atoms with E-state index < -0.39 is 0 Å². The first-order valence-corrected chi connectivity index (χ1v) is 11.0. The smallest absolute Gasteiger partial charge is 0.232 e. The normalized spacial score (nSPS) is 20.6. The van der Waals surface area contributed by atoms with Crippen LogP contribution in [0.25, 0.3) is 0 Å². The molecule has 2 aliphatic rings. The van der Waals surface area contributed by atoms with E-state index >= 15 is 0 Å². The lowest BCUT2D eigenvalue weighted by atomic mass is 10.0. The number of aromatic nitrogens is 2. The highest BCUT2D eigenvalue weighted by Gasteiger charge is 2.21. The molecular weight excluding hydrogens is 372 g/mol. The molecule has 2 saturated heterocycles. The molecule has 1 aromatic heterocycles. The number of nitrogens with zero attached hydrogens (tertiary/aromatic N) is 4. The molecule has 0 amide bonds. The molecule has 0 spiro atoms. The number of piperidine rings is 1. The second-order valence-corrected chi connectivity index (χ2v) is 8.28. The lowest BCUT2D eigenvalue weighted by molar-refractivity contribution is 0.204. The van der Waals surface area contributed by atoms with Gasteiger partial charge in [-0.15, -0.1) is 0 Å². The van der Waals surface area contributed by atoms with E-state index in [4.69, 9.17) is 26.9 Å². The largest absolute Gasteiger partial charge is 0.383 e. The summed E-state index contributed by atoms with van der Waals surface area (Å²) in [6.45, 7) is 7.80. The minimum Gasteiger partial charge on any atom is -0.383 e. The highest BCUT2D eigenvalue weighted by molar-refractivity contribution is 7.80. The Balaban J connectivity index is 1.79. The highest BCUT2D eigenvalue weighted by Crippen LogP contribution is 2.27. The lowest BCUT2D eigenvalue weighted by Gasteiger charge is -2.33. The molecule has 8 heteroatoms. The van der Waals surface area contributed by atoms with Gasteiger partial charge in [0.2, 0.25) is 5.95 Å². The van der Waals surface area contributed by atoms with Gasteiger partial charge in [0.1, 0.15) is 11.6 Å². The average molecular weight is 407 g/mol. The lowest BCUT2D eigenvalue weighted by Crippen LogP contribution is -2.36. The molecule has 2 fully saturated rings. The predicted molar refractivity (Wildman–Crippen MR) is 119 cm³/mol. The van der Waals surface area contributed by atoms with Crippen LogP contribution in [0.4, 0.5) is 17.6 Å². The molecule has 0 aliphatic carbocycles. The Labute approximate surface area is 174 Å². The van der Waals surface area contributed by atoms with Crippen molar-refractivity contribution in [3.63, 3.8) is 0 Å². The quantitative estimate of drug-likeness (QED) is 0.552. The third-order valence-corrected chi connectivity index (χ3v) is 5.67. The number of nitrogens with one attached hydrogen (secondary N) is 2. The Morgan fingerprint density at radius 2 is 1.79 bits per heavy atom. The fourth-order valence-electron chi connectivity index (χ4n) is 3.91. The molecular formula is C20H34N6OS. The van der Waals surface area contributed by atoms with Crippen LogP contribution >= 0.6 is 12.2 Å². The van der Waals surface area contributed by atoms with Gasteiger partial charge in [-0.05, 0) is 43.8 Å². The SMILES string of the molecule is COCCNC(=S)Nc1nc(N2CCCCCC2)cc(N2CCC[C@H](C)C2)n1. The summed E-state index contributed by atoms with van der Waals surface area (Å²) in [5.41, 5.74) is 0. The van der Waals surface area contributed by atoms with Crippen molar-refractivity contribution in [2.75, 3.05) is 61.6 Å². The topological polar surface area (TPSA) is 65.6 Å². The van der Waals surface area contributed by atoms with Crippen LogP contribution < -0.4 is 20.4 Å². The summed E-state index contributed by atoms with van der Waals surface area (Å²) >= 11 is 5.40. The van der Waals surface area contributed by atoms with Gasteiger partial charge in [0.05, 0.1) is 6.61 Å². The third kappa shape index (κ3) is 6.17. The summed E-state index contributed by atoms with van der Waals surface area (Å²) in [4.78, 5) is 14.4. The molecule has 1 aromatic rings. The molecule has 2 aliphatic heterocycles. The maximum Gasteiger partial charge on any atom is 0.232 e. The number of hydrogen-bond acceptors (Lipinski definition) is 6. The molecule has 0 saturated carbocycles. The van der Waals surface area contributed by atoms with Gasteiger partial charge in [-0.25, -0.2) is 0 Å². The summed E-state index contributed by atoms with van der Waals surface area (Å²) in [6, 6.07) is 2.16. The molecule has 0 aromatic carbocycles. The third-order valence-electron chi connectivity index (χ3n) is 5.43. The number of thiocarbonyl (C=S) groups is 1. The van der Waals surface area contributed by atoms with Crippen LogP contribution in [-0.2, 0) is 4.74 Å². The number of methoxy groups -OCH3 is 1. The molecule has 0 bridgehead atoms. The van der Waals surface area contributed by atoms with Crippen LogP contribution in [0, 0.1) is 5.92 Å². The van der Waals surface area contributed by atoms with Crippen molar-refractivity contribution in [1.82, 2.24) is 15.3 Å². The first kappa shape index (κ1) is 21.0. The summed E-state index contributed by atoms with van der Waals surface area (Å²) < 4.78 is 5.07. The Bertz CT molecular complexity index is 615. The van der Waals surface area contributed by atoms with Gasteiger partial charge in [0.15, 0.2) is 5.11 Å². The summed E-state index contributed by atoms with van der Waals surface area (Å²) in [5, 5.41) is 6.84. The zero-order valence-corrected chi connectivity index (χ0v) is 18.1. The van der Waals surface area contributed by atoms with Crippen molar-refractivity contribution < 1.29 is 4.74 Å². The first-order valence-electron chi connectivity index (χ1n) is 10.6. The molecule has 7 nitrogen and oxygen atoms in total. The van der Waals surface area contributed by atoms with Gasteiger partial charge < -0.3 is 25.2 Å². The summed E-state index contributed by atoms with van der Waals surface area (Å²) in [5.74, 6) is 3.28. The monoisotopic (exact) mass is 406 g/mol. The van der Waals surface area contributed by atoms with Crippen LogP contribution in [0.3, 0.4) is 0 Å². The Morgan fingerprint density at radius 1 is 1.11 bits per heavy atom. The van der Waals surface area contributed by atoms with E-state index in [0.717, 1.165) is 37.8 Å². The van der Waals surface area contributed by atoms with Gasteiger partial charge >= 0.3 is 0 Å². The maximum atomic E-state index is 5.40. The van der Waals surface area contributed by atoms with E-state index in [2.05, 4.69) is 33.4 Å². The Morgan fingerprint density at radius 3 is 2.46 bits per heavy atom. The molecule has 156 valence electrons. The first-order chi connectivity index (χ1) is 13.7. The fraction of sp³-hybridized carbons (Fsp3) is 0.750. The summed E-state index contributed by atoms with van der Waals surface area (Å²) in [7, 11) is 1.68. The van der Waals surface area contributed by atoms with Crippen molar-refractivity contribution in [3.05, 3.63) is 6.07 Å². The second-order valence-electron chi connectivity index (χ2n) is 7.88. The van der Waals surface area contributed by atoms with E-state index in [9.17, 15) is 0 Å². The van der Waals surface area contributed by atoms with Gasteiger partial charge in [0, 0.05) is 45.9 Å². The molecule has 28 heavy (non-hydrogen) atoms. The maximum absolute atomic E-state index is 5.40. The van der Waals surface area contributed by atoms with E-state index in [1.54, 1.807) is 7.11 Å². The van der Waals surface area contributed by atoms with E-state index in [1.165, 1.54) is 38.5 Å². The molecule has 2 N–H and O–H groups in total. The number of anilines is 3. The predicted octanol–water partition coefficient (Wildman–Crippen LogP) is 3.03. The van der Waals surface area contributed by atoms with Crippen molar-refractivity contribution in [3.8, 4) is 0 Å². The van der Waals surface area contributed by atoms with Crippen LogP contribution in [0.5, 0.6) is 0 Å². The molecule has 3 rings (SSSR count). The van der Waals surface area contributed by atoms with Gasteiger partial charge in [-0.3, -0.25) is 0 Å². The van der Waals surface area contributed by atoms with Crippen LogP contribution in [0.2, 0.25) is 0 Å². The Hall–Kier alpha value is -1.67. The van der Waals surface area contributed by atoms with Crippen molar-refractivity contribution >= 4 is 34.9 Å². The average Bonchev–Trinajstić information content (AvgIpc) is 2.97. The van der Waals surface area contributed by atoms with E-state index in [1.807, 2.05) is 0 Å². The van der Waals surface area contributed by atoms with Crippen molar-refractivity contribution in [2.45, 2.75) is 45.4 Å². The molecule has 3 heterocycles. The van der Waals surface area contributed by atoms with E-state index in [0.29, 0.717) is 30.1 Å². The molecule has 1 atom stereocenters. The van der Waals surface area contributed by atoms with Gasteiger partial charge in [-0.2, -0.15) is 9.97 Å². The zero-order valence-electron chi connectivity index (χ0n) is 17.2. The fourth-order valence-corrected chi connectivity index (χ4v) is 4.10. The molecule has 0 radical (unpaired) electrons. The number of ether oxygens (including phenoxy) is 1. The minimum absolute atomic E-state index is 0.531.